The summed E-state index contributed by atoms with van der Waals surface area (Å²) in [7, 11) is -3.44. The fourth-order valence-corrected chi connectivity index (χ4v) is 4.23. The molecule has 1 fully saturated rings. The molecule has 0 bridgehead atoms. The normalized spacial score (nSPS) is 17.0. The van der Waals surface area contributed by atoms with Gasteiger partial charge in [-0.1, -0.05) is 13.0 Å². The van der Waals surface area contributed by atoms with Gasteiger partial charge < -0.3 is 5.32 Å². The van der Waals surface area contributed by atoms with Gasteiger partial charge in [-0.15, -0.1) is 0 Å². The van der Waals surface area contributed by atoms with Crippen LogP contribution < -0.4 is 10.0 Å². The lowest BCUT2D eigenvalue weighted by atomic mass is 10.1. The molecular formula is C16H26N2O2S. The molecule has 1 saturated carbocycles. The summed E-state index contributed by atoms with van der Waals surface area (Å²) in [6.07, 6.45) is 2.25. The van der Waals surface area contributed by atoms with Crippen LogP contribution in [0.2, 0.25) is 0 Å². The molecular weight excluding hydrogens is 284 g/mol. The molecule has 0 saturated heterocycles. The van der Waals surface area contributed by atoms with Gasteiger partial charge in [0.15, 0.2) is 0 Å². The van der Waals surface area contributed by atoms with Crippen LogP contribution >= 0.6 is 0 Å². The van der Waals surface area contributed by atoms with Crippen LogP contribution in [0.1, 0.15) is 43.4 Å². The SMILES string of the molecule is CCNCc1cc(C)c(C)c(S(=O)(=O)NC(C)C2CC2)c1. The minimum Gasteiger partial charge on any atom is -0.313 e. The molecule has 1 aromatic carbocycles. The molecule has 21 heavy (non-hydrogen) atoms. The van der Waals surface area contributed by atoms with Crippen LogP contribution in [0, 0.1) is 19.8 Å². The fraction of sp³-hybridized carbons (Fsp3) is 0.625. The first-order valence-electron chi connectivity index (χ1n) is 7.68. The van der Waals surface area contributed by atoms with Crippen molar-refractivity contribution in [3.63, 3.8) is 0 Å². The van der Waals surface area contributed by atoms with Crippen LogP contribution in [0.3, 0.4) is 0 Å². The monoisotopic (exact) mass is 310 g/mol. The van der Waals surface area contributed by atoms with Crippen molar-refractivity contribution < 1.29 is 8.42 Å². The highest BCUT2D eigenvalue weighted by atomic mass is 32.2. The van der Waals surface area contributed by atoms with E-state index in [4.69, 9.17) is 0 Å². The number of hydrogen-bond donors (Lipinski definition) is 2. The highest BCUT2D eigenvalue weighted by Gasteiger charge is 2.31. The molecule has 0 aromatic heterocycles. The first kappa shape index (κ1) is 16.5. The third-order valence-electron chi connectivity index (χ3n) is 4.22. The second-order valence-corrected chi connectivity index (χ2v) is 7.75. The first-order valence-corrected chi connectivity index (χ1v) is 9.16. The van der Waals surface area contributed by atoms with E-state index >= 15 is 0 Å². The molecule has 1 aliphatic rings. The minimum atomic E-state index is -3.44. The summed E-state index contributed by atoms with van der Waals surface area (Å²) in [5.74, 6) is 0.506. The molecule has 0 heterocycles. The van der Waals surface area contributed by atoms with Gasteiger partial charge in [-0.25, -0.2) is 13.1 Å². The Balaban J connectivity index is 2.29. The van der Waals surface area contributed by atoms with Crippen LogP contribution in [-0.4, -0.2) is 21.0 Å². The van der Waals surface area contributed by atoms with Gasteiger partial charge in [-0.05, 0) is 68.8 Å². The van der Waals surface area contributed by atoms with Crippen molar-refractivity contribution >= 4 is 10.0 Å². The minimum absolute atomic E-state index is 0.0205. The summed E-state index contributed by atoms with van der Waals surface area (Å²) in [5, 5.41) is 3.24. The van der Waals surface area contributed by atoms with E-state index in [1.807, 2.05) is 27.7 Å². The van der Waals surface area contributed by atoms with Crippen LogP contribution in [0.5, 0.6) is 0 Å². The van der Waals surface area contributed by atoms with Crippen LogP contribution in [0.4, 0.5) is 0 Å². The number of aryl methyl sites for hydroxylation is 1. The summed E-state index contributed by atoms with van der Waals surface area (Å²) < 4.78 is 28.1. The highest BCUT2D eigenvalue weighted by molar-refractivity contribution is 7.89. The lowest BCUT2D eigenvalue weighted by Crippen LogP contribution is -2.34. The Morgan fingerprint density at radius 2 is 1.95 bits per heavy atom. The molecule has 2 N–H and O–H groups in total. The van der Waals surface area contributed by atoms with Gasteiger partial charge in [0, 0.05) is 12.6 Å². The predicted molar refractivity (Wildman–Crippen MR) is 85.8 cm³/mol. The summed E-state index contributed by atoms with van der Waals surface area (Å²) >= 11 is 0. The summed E-state index contributed by atoms with van der Waals surface area (Å²) in [5.41, 5.74) is 2.87. The average Bonchev–Trinajstić information content (AvgIpc) is 3.23. The molecule has 1 unspecified atom stereocenters. The molecule has 1 atom stereocenters. The van der Waals surface area contributed by atoms with E-state index < -0.39 is 10.0 Å². The first-order chi connectivity index (χ1) is 9.85. The molecule has 0 amide bonds. The van der Waals surface area contributed by atoms with E-state index in [-0.39, 0.29) is 6.04 Å². The average molecular weight is 310 g/mol. The molecule has 5 heteroatoms. The Morgan fingerprint density at radius 3 is 2.52 bits per heavy atom. The number of hydrogen-bond acceptors (Lipinski definition) is 3. The van der Waals surface area contributed by atoms with E-state index in [0.717, 1.165) is 36.1 Å². The predicted octanol–water partition coefficient (Wildman–Crippen LogP) is 2.49. The zero-order valence-corrected chi connectivity index (χ0v) is 14.2. The lowest BCUT2D eigenvalue weighted by Gasteiger charge is -2.17. The van der Waals surface area contributed by atoms with E-state index in [2.05, 4.69) is 16.1 Å². The number of sulfonamides is 1. The highest BCUT2D eigenvalue weighted by Crippen LogP contribution is 2.33. The van der Waals surface area contributed by atoms with Gasteiger partial charge in [-0.2, -0.15) is 0 Å². The van der Waals surface area contributed by atoms with Gasteiger partial charge in [0.1, 0.15) is 0 Å². The third kappa shape index (κ3) is 4.05. The Morgan fingerprint density at radius 1 is 1.29 bits per heavy atom. The molecule has 2 rings (SSSR count). The van der Waals surface area contributed by atoms with Crippen molar-refractivity contribution in [1.29, 1.82) is 0 Å². The zero-order chi connectivity index (χ0) is 15.6. The Kier molecular flexibility index (Phi) is 5.07. The Bertz CT molecular complexity index is 607. The number of nitrogens with one attached hydrogen (secondary N) is 2. The molecule has 4 nitrogen and oxygen atoms in total. The van der Waals surface area contributed by atoms with Gasteiger partial charge in [-0.3, -0.25) is 0 Å². The third-order valence-corrected chi connectivity index (χ3v) is 5.90. The van der Waals surface area contributed by atoms with E-state index in [0.29, 0.717) is 17.4 Å². The summed E-state index contributed by atoms with van der Waals surface area (Å²) in [4.78, 5) is 0.419. The molecule has 118 valence electrons. The van der Waals surface area contributed by atoms with Crippen molar-refractivity contribution in [2.24, 2.45) is 5.92 Å². The summed E-state index contributed by atoms with van der Waals surface area (Å²) in [6.45, 7) is 9.40. The van der Waals surface area contributed by atoms with E-state index in [9.17, 15) is 8.42 Å². The van der Waals surface area contributed by atoms with Crippen molar-refractivity contribution in [1.82, 2.24) is 10.0 Å². The zero-order valence-electron chi connectivity index (χ0n) is 13.4. The van der Waals surface area contributed by atoms with Gasteiger partial charge in [0.25, 0.3) is 0 Å². The Labute approximate surface area is 128 Å². The molecule has 0 aliphatic heterocycles. The van der Waals surface area contributed by atoms with E-state index in [1.54, 1.807) is 6.07 Å². The quantitative estimate of drug-likeness (QED) is 0.813. The van der Waals surface area contributed by atoms with Gasteiger partial charge >= 0.3 is 0 Å². The van der Waals surface area contributed by atoms with Crippen molar-refractivity contribution in [2.45, 2.75) is 58.0 Å². The van der Waals surface area contributed by atoms with Crippen molar-refractivity contribution in [3.05, 3.63) is 28.8 Å². The van der Waals surface area contributed by atoms with Crippen molar-refractivity contribution in [3.8, 4) is 0 Å². The topological polar surface area (TPSA) is 58.2 Å². The molecule has 1 aliphatic carbocycles. The van der Waals surface area contributed by atoms with Crippen LogP contribution in [0.25, 0.3) is 0 Å². The number of benzene rings is 1. The van der Waals surface area contributed by atoms with Gasteiger partial charge in [0.2, 0.25) is 10.0 Å². The maximum Gasteiger partial charge on any atom is 0.241 e. The smallest absolute Gasteiger partial charge is 0.241 e. The maximum absolute atomic E-state index is 12.6. The van der Waals surface area contributed by atoms with Crippen LogP contribution in [-0.2, 0) is 16.6 Å². The van der Waals surface area contributed by atoms with E-state index in [1.165, 1.54) is 0 Å². The fourth-order valence-electron chi connectivity index (χ4n) is 2.55. The van der Waals surface area contributed by atoms with Crippen LogP contribution in [0.15, 0.2) is 17.0 Å². The summed E-state index contributed by atoms with van der Waals surface area (Å²) in [6, 6.07) is 3.88. The number of rotatable bonds is 7. The second kappa shape index (κ2) is 6.46. The standard InChI is InChI=1S/C16H26N2O2S/c1-5-17-10-14-8-11(2)12(3)16(9-14)21(19,20)18-13(4)15-6-7-15/h8-9,13,15,17-18H,5-7,10H2,1-4H3. The largest absolute Gasteiger partial charge is 0.313 e. The molecule has 0 radical (unpaired) electrons. The lowest BCUT2D eigenvalue weighted by molar-refractivity contribution is 0.537. The Hall–Kier alpha value is -0.910. The van der Waals surface area contributed by atoms with Gasteiger partial charge in [0.05, 0.1) is 4.90 Å². The second-order valence-electron chi connectivity index (χ2n) is 6.06. The molecule has 1 aromatic rings. The van der Waals surface area contributed by atoms with Crippen molar-refractivity contribution in [2.75, 3.05) is 6.54 Å². The molecule has 0 spiro atoms. The maximum atomic E-state index is 12.6.